The van der Waals surface area contributed by atoms with E-state index in [1.165, 1.54) is 0 Å². The number of nitriles is 1. The van der Waals surface area contributed by atoms with Crippen LogP contribution in [0.5, 0.6) is 0 Å². The Kier molecular flexibility index (Phi) is 4.06. The fraction of sp³-hybridized carbons (Fsp3) is 0.294. The van der Waals surface area contributed by atoms with Crippen LogP contribution in [0.2, 0.25) is 0 Å². The Labute approximate surface area is 133 Å². The van der Waals surface area contributed by atoms with Crippen molar-refractivity contribution in [2.45, 2.75) is 18.9 Å². The van der Waals surface area contributed by atoms with Crippen LogP contribution < -0.4 is 0 Å². The molecule has 1 atom stereocenters. The van der Waals surface area contributed by atoms with Crippen LogP contribution in [0.4, 0.5) is 0 Å². The molecule has 0 aliphatic heterocycles. The van der Waals surface area contributed by atoms with Gasteiger partial charge >= 0.3 is 0 Å². The van der Waals surface area contributed by atoms with Crippen molar-refractivity contribution < 1.29 is 5.11 Å². The number of hydrogen-bond acceptors (Lipinski definition) is 4. The van der Waals surface area contributed by atoms with E-state index in [1.807, 2.05) is 44.2 Å². The average Bonchev–Trinajstić information content (AvgIpc) is 2.91. The molecular formula is C17H17N3OS. The molecule has 0 spiro atoms. The summed E-state index contributed by atoms with van der Waals surface area (Å²) in [6.07, 6.45) is 0. The molecule has 2 heterocycles. The van der Waals surface area contributed by atoms with Gasteiger partial charge in [-0.25, -0.2) is 4.98 Å². The second kappa shape index (κ2) is 5.99. The van der Waals surface area contributed by atoms with Gasteiger partial charge in [0.25, 0.3) is 0 Å². The van der Waals surface area contributed by atoms with Crippen LogP contribution in [0.3, 0.4) is 0 Å². The van der Waals surface area contributed by atoms with Gasteiger partial charge < -0.3 is 5.11 Å². The molecule has 2 aromatic heterocycles. The highest BCUT2D eigenvalue weighted by molar-refractivity contribution is 7.99. The summed E-state index contributed by atoms with van der Waals surface area (Å²) in [5.74, 6) is 1.05. The number of hydrogen-bond donors (Lipinski definition) is 1. The molecule has 0 aliphatic carbocycles. The maximum Gasteiger partial charge on any atom is 0.157 e. The third-order valence-corrected chi connectivity index (χ3v) is 5.01. The van der Waals surface area contributed by atoms with Gasteiger partial charge in [-0.3, -0.25) is 4.40 Å². The number of pyridine rings is 1. The number of fused-ring (bicyclic) bond motifs is 3. The van der Waals surface area contributed by atoms with Crippen LogP contribution in [0.1, 0.15) is 18.1 Å². The van der Waals surface area contributed by atoms with Gasteiger partial charge in [-0.2, -0.15) is 5.26 Å². The molecule has 0 amide bonds. The van der Waals surface area contributed by atoms with Gasteiger partial charge in [0, 0.05) is 12.4 Å². The van der Waals surface area contributed by atoms with Crippen molar-refractivity contribution in [3.8, 4) is 6.07 Å². The van der Waals surface area contributed by atoms with Crippen LogP contribution in [-0.4, -0.2) is 26.9 Å². The molecule has 1 aromatic carbocycles. The molecule has 0 bridgehead atoms. The standard InChI is InChI=1S/C17H17N3OS/c1-11(9-21)10-22-16-7-12(2)13(8-18)17-19-14-5-3-4-6-15(14)20(16)17/h3-7,11,21H,9-10H2,1-2H3. The molecule has 112 valence electrons. The van der Waals surface area contributed by atoms with E-state index >= 15 is 0 Å². The Morgan fingerprint density at radius 2 is 2.18 bits per heavy atom. The van der Waals surface area contributed by atoms with E-state index in [4.69, 9.17) is 0 Å². The zero-order chi connectivity index (χ0) is 15.7. The first-order valence-electron chi connectivity index (χ1n) is 7.20. The van der Waals surface area contributed by atoms with Crippen molar-refractivity contribution in [3.05, 3.63) is 41.5 Å². The molecular weight excluding hydrogens is 294 g/mol. The maximum absolute atomic E-state index is 9.45. The number of aliphatic hydroxyl groups is 1. The molecule has 5 heteroatoms. The van der Waals surface area contributed by atoms with Crippen LogP contribution in [0, 0.1) is 24.2 Å². The van der Waals surface area contributed by atoms with E-state index in [-0.39, 0.29) is 12.5 Å². The second-order valence-corrected chi connectivity index (χ2v) is 6.55. The number of rotatable bonds is 4. The largest absolute Gasteiger partial charge is 0.396 e. The normalized spacial score (nSPS) is 12.6. The summed E-state index contributed by atoms with van der Waals surface area (Å²) in [6.45, 7) is 4.14. The van der Waals surface area contributed by atoms with Crippen molar-refractivity contribution in [1.29, 1.82) is 5.26 Å². The quantitative estimate of drug-likeness (QED) is 0.750. The topological polar surface area (TPSA) is 61.3 Å². The first kappa shape index (κ1) is 14.9. The monoisotopic (exact) mass is 311 g/mol. The van der Waals surface area contributed by atoms with E-state index in [0.717, 1.165) is 27.4 Å². The fourth-order valence-corrected chi connectivity index (χ4v) is 3.57. The minimum absolute atomic E-state index is 0.177. The minimum Gasteiger partial charge on any atom is -0.396 e. The Morgan fingerprint density at radius 1 is 1.41 bits per heavy atom. The lowest BCUT2D eigenvalue weighted by Crippen LogP contribution is -2.05. The summed E-state index contributed by atoms with van der Waals surface area (Å²) in [5.41, 5.74) is 4.16. The molecule has 0 fully saturated rings. The number of aliphatic hydroxyl groups excluding tert-OH is 1. The van der Waals surface area contributed by atoms with Gasteiger partial charge in [0.1, 0.15) is 6.07 Å². The number of aromatic nitrogens is 2. The lowest BCUT2D eigenvalue weighted by molar-refractivity contribution is 0.250. The van der Waals surface area contributed by atoms with Crippen molar-refractivity contribution in [2.24, 2.45) is 5.92 Å². The molecule has 0 aliphatic rings. The Bertz CT molecular complexity index is 879. The summed E-state index contributed by atoms with van der Waals surface area (Å²) in [6, 6.07) is 12.2. The molecule has 0 radical (unpaired) electrons. The molecule has 3 aromatic rings. The number of nitrogens with zero attached hydrogens (tertiary/aromatic N) is 3. The van der Waals surface area contributed by atoms with Crippen LogP contribution >= 0.6 is 11.8 Å². The smallest absolute Gasteiger partial charge is 0.157 e. The molecule has 0 saturated heterocycles. The van der Waals surface area contributed by atoms with E-state index in [2.05, 4.69) is 15.5 Å². The molecule has 4 nitrogen and oxygen atoms in total. The predicted octanol–water partition coefficient (Wildman–Crippen LogP) is 3.39. The van der Waals surface area contributed by atoms with Gasteiger partial charge in [-0.05, 0) is 36.6 Å². The van der Waals surface area contributed by atoms with Gasteiger partial charge in [-0.1, -0.05) is 19.1 Å². The first-order valence-corrected chi connectivity index (χ1v) is 8.18. The SMILES string of the molecule is Cc1cc(SCC(C)CO)n2c(nc3ccccc32)c1C#N. The highest BCUT2D eigenvalue weighted by atomic mass is 32.2. The summed E-state index contributed by atoms with van der Waals surface area (Å²) >= 11 is 1.69. The van der Waals surface area contributed by atoms with Crippen LogP contribution in [0.15, 0.2) is 35.4 Å². The highest BCUT2D eigenvalue weighted by Crippen LogP contribution is 2.30. The lowest BCUT2D eigenvalue weighted by Gasteiger charge is -2.12. The number of imidazole rings is 1. The third kappa shape index (κ3) is 2.45. The second-order valence-electron chi connectivity index (χ2n) is 5.51. The highest BCUT2D eigenvalue weighted by Gasteiger charge is 2.15. The van der Waals surface area contributed by atoms with Crippen molar-refractivity contribution in [2.75, 3.05) is 12.4 Å². The lowest BCUT2D eigenvalue weighted by atomic mass is 10.2. The van der Waals surface area contributed by atoms with E-state index in [0.29, 0.717) is 11.2 Å². The molecule has 0 saturated carbocycles. The van der Waals surface area contributed by atoms with Gasteiger partial charge in [-0.15, -0.1) is 11.8 Å². The molecule has 1 N–H and O–H groups in total. The third-order valence-electron chi connectivity index (χ3n) is 3.68. The van der Waals surface area contributed by atoms with Crippen molar-refractivity contribution in [1.82, 2.24) is 9.38 Å². The number of thioether (sulfide) groups is 1. The number of aryl methyl sites for hydroxylation is 1. The minimum atomic E-state index is 0.177. The van der Waals surface area contributed by atoms with Gasteiger partial charge in [0.05, 0.1) is 21.6 Å². The zero-order valence-corrected chi connectivity index (χ0v) is 13.4. The fourth-order valence-electron chi connectivity index (χ4n) is 2.44. The Balaban J connectivity index is 2.25. The van der Waals surface area contributed by atoms with Crippen molar-refractivity contribution >= 4 is 28.4 Å². The predicted molar refractivity (Wildman–Crippen MR) is 89.1 cm³/mol. The first-order chi connectivity index (χ1) is 10.7. The number of para-hydroxylation sites is 2. The average molecular weight is 311 g/mol. The van der Waals surface area contributed by atoms with E-state index in [9.17, 15) is 10.4 Å². The molecule has 1 unspecified atom stereocenters. The van der Waals surface area contributed by atoms with Crippen LogP contribution in [0.25, 0.3) is 16.7 Å². The summed E-state index contributed by atoms with van der Waals surface area (Å²) < 4.78 is 2.05. The van der Waals surface area contributed by atoms with E-state index < -0.39 is 0 Å². The summed E-state index contributed by atoms with van der Waals surface area (Å²) in [4.78, 5) is 4.63. The van der Waals surface area contributed by atoms with E-state index in [1.54, 1.807) is 11.8 Å². The Hall–Kier alpha value is -2.03. The Morgan fingerprint density at radius 3 is 2.91 bits per heavy atom. The molecule has 3 rings (SSSR count). The van der Waals surface area contributed by atoms with Crippen molar-refractivity contribution in [3.63, 3.8) is 0 Å². The maximum atomic E-state index is 9.45. The summed E-state index contributed by atoms with van der Waals surface area (Å²) in [5, 5.41) is 19.7. The van der Waals surface area contributed by atoms with Crippen LogP contribution in [-0.2, 0) is 0 Å². The van der Waals surface area contributed by atoms with Gasteiger partial charge in [0.15, 0.2) is 5.65 Å². The molecule has 22 heavy (non-hydrogen) atoms. The number of benzene rings is 1. The van der Waals surface area contributed by atoms with Gasteiger partial charge in [0.2, 0.25) is 0 Å². The summed E-state index contributed by atoms with van der Waals surface area (Å²) in [7, 11) is 0. The zero-order valence-electron chi connectivity index (χ0n) is 12.6.